The Hall–Kier alpha value is -2.50. The zero-order valence-electron chi connectivity index (χ0n) is 15.2. The molecule has 0 bridgehead atoms. The first-order valence-electron chi connectivity index (χ1n) is 8.90. The highest BCUT2D eigenvalue weighted by atomic mass is 16.2. The van der Waals surface area contributed by atoms with Gasteiger partial charge in [0.05, 0.1) is 11.7 Å². The second kappa shape index (κ2) is 7.59. The van der Waals surface area contributed by atoms with Gasteiger partial charge in [-0.15, -0.1) is 0 Å². The standard InChI is InChI=1S/C19H27N5O/c1-14(18-13-23(3)22-15(18)2)20-19(25)21-16-8-7-11-24(12-16)17-9-5-4-6-10-17/h4-6,9-10,13-14,16H,7-8,11-12H2,1-3H3,(H2,20,21,25)/t14-,16+/m1/s1. The normalized spacial score (nSPS) is 18.7. The van der Waals surface area contributed by atoms with Gasteiger partial charge in [-0.25, -0.2) is 4.79 Å². The molecule has 2 amide bonds. The van der Waals surface area contributed by atoms with Gasteiger partial charge in [-0.05, 0) is 38.8 Å². The monoisotopic (exact) mass is 341 g/mol. The van der Waals surface area contributed by atoms with E-state index in [1.54, 1.807) is 4.68 Å². The van der Waals surface area contributed by atoms with Gasteiger partial charge in [-0.2, -0.15) is 5.10 Å². The summed E-state index contributed by atoms with van der Waals surface area (Å²) < 4.78 is 1.78. The van der Waals surface area contributed by atoms with Crippen LogP contribution in [0.5, 0.6) is 0 Å². The molecule has 3 rings (SSSR count). The summed E-state index contributed by atoms with van der Waals surface area (Å²) in [5, 5.41) is 10.5. The van der Waals surface area contributed by atoms with Crippen LogP contribution in [0, 0.1) is 6.92 Å². The van der Waals surface area contributed by atoms with Gasteiger partial charge in [-0.1, -0.05) is 18.2 Å². The number of rotatable bonds is 4. The number of para-hydroxylation sites is 1. The highest BCUT2D eigenvalue weighted by Crippen LogP contribution is 2.20. The fraction of sp³-hybridized carbons (Fsp3) is 0.474. The molecule has 1 saturated heterocycles. The fourth-order valence-corrected chi connectivity index (χ4v) is 3.51. The Morgan fingerprint density at radius 1 is 1.32 bits per heavy atom. The first kappa shape index (κ1) is 17.3. The van der Waals surface area contributed by atoms with Crippen molar-refractivity contribution in [2.24, 2.45) is 7.05 Å². The summed E-state index contributed by atoms with van der Waals surface area (Å²) in [5.41, 5.74) is 3.21. The Bertz CT molecular complexity index is 712. The van der Waals surface area contributed by atoms with Crippen molar-refractivity contribution in [3.63, 3.8) is 0 Å². The third-order valence-corrected chi connectivity index (χ3v) is 4.74. The number of aryl methyl sites for hydroxylation is 2. The van der Waals surface area contributed by atoms with Crippen LogP contribution in [0.2, 0.25) is 0 Å². The van der Waals surface area contributed by atoms with Crippen molar-refractivity contribution in [2.75, 3.05) is 18.0 Å². The van der Waals surface area contributed by atoms with Crippen LogP contribution in [0.1, 0.15) is 37.1 Å². The van der Waals surface area contributed by atoms with Crippen molar-refractivity contribution in [3.05, 3.63) is 47.8 Å². The number of piperidine rings is 1. The molecule has 6 nitrogen and oxygen atoms in total. The maximum Gasteiger partial charge on any atom is 0.315 e. The molecule has 134 valence electrons. The highest BCUT2D eigenvalue weighted by Gasteiger charge is 2.22. The molecule has 1 aliphatic rings. The average molecular weight is 341 g/mol. The maximum absolute atomic E-state index is 12.4. The Labute approximate surface area is 149 Å². The van der Waals surface area contributed by atoms with Gasteiger partial charge >= 0.3 is 6.03 Å². The molecule has 0 spiro atoms. The first-order chi connectivity index (χ1) is 12.0. The van der Waals surface area contributed by atoms with Crippen LogP contribution >= 0.6 is 0 Å². The molecule has 2 N–H and O–H groups in total. The van der Waals surface area contributed by atoms with Gasteiger partial charge in [0.25, 0.3) is 0 Å². The summed E-state index contributed by atoms with van der Waals surface area (Å²) in [7, 11) is 1.89. The van der Waals surface area contributed by atoms with Gasteiger partial charge in [0.2, 0.25) is 0 Å². The molecule has 2 atom stereocenters. The Balaban J connectivity index is 1.54. The Kier molecular flexibility index (Phi) is 5.26. The van der Waals surface area contributed by atoms with E-state index in [1.807, 2.05) is 33.2 Å². The lowest BCUT2D eigenvalue weighted by atomic mass is 10.0. The number of urea groups is 1. The van der Waals surface area contributed by atoms with Gasteiger partial charge < -0.3 is 15.5 Å². The van der Waals surface area contributed by atoms with E-state index in [1.165, 1.54) is 5.69 Å². The molecule has 0 unspecified atom stereocenters. The summed E-state index contributed by atoms with van der Waals surface area (Å²) in [6.07, 6.45) is 4.05. The molecule has 2 heterocycles. The van der Waals surface area contributed by atoms with Crippen LogP contribution in [0.25, 0.3) is 0 Å². The quantitative estimate of drug-likeness (QED) is 0.899. The number of benzene rings is 1. The van der Waals surface area contributed by atoms with E-state index in [-0.39, 0.29) is 18.1 Å². The maximum atomic E-state index is 12.4. The minimum atomic E-state index is -0.115. The minimum absolute atomic E-state index is 0.0671. The minimum Gasteiger partial charge on any atom is -0.369 e. The van der Waals surface area contributed by atoms with Crippen LogP contribution in [0.15, 0.2) is 36.5 Å². The summed E-state index contributed by atoms with van der Waals surface area (Å²) in [4.78, 5) is 14.7. The first-order valence-corrected chi connectivity index (χ1v) is 8.90. The molecule has 0 saturated carbocycles. The number of hydrogen-bond acceptors (Lipinski definition) is 3. The van der Waals surface area contributed by atoms with E-state index < -0.39 is 0 Å². The molecule has 25 heavy (non-hydrogen) atoms. The van der Waals surface area contributed by atoms with E-state index in [4.69, 9.17) is 0 Å². The summed E-state index contributed by atoms with van der Waals surface area (Å²) in [5.74, 6) is 0. The number of nitrogens with one attached hydrogen (secondary N) is 2. The molecular weight excluding hydrogens is 314 g/mol. The predicted octanol–water partition coefficient (Wildman–Crippen LogP) is 2.76. The molecular formula is C19H27N5O. The largest absolute Gasteiger partial charge is 0.369 e. The number of anilines is 1. The Morgan fingerprint density at radius 3 is 2.76 bits per heavy atom. The van der Waals surface area contributed by atoms with Crippen molar-refractivity contribution in [1.82, 2.24) is 20.4 Å². The number of aromatic nitrogens is 2. The lowest BCUT2D eigenvalue weighted by Gasteiger charge is -2.35. The number of carbonyl (C=O) groups is 1. The van der Waals surface area contributed by atoms with Gasteiger partial charge in [-0.3, -0.25) is 4.68 Å². The zero-order valence-corrected chi connectivity index (χ0v) is 15.2. The van der Waals surface area contributed by atoms with Crippen molar-refractivity contribution >= 4 is 11.7 Å². The lowest BCUT2D eigenvalue weighted by molar-refractivity contribution is 0.232. The van der Waals surface area contributed by atoms with E-state index >= 15 is 0 Å². The van der Waals surface area contributed by atoms with Crippen LogP contribution in [0.4, 0.5) is 10.5 Å². The van der Waals surface area contributed by atoms with Crippen molar-refractivity contribution < 1.29 is 4.79 Å². The van der Waals surface area contributed by atoms with E-state index in [0.717, 1.165) is 37.2 Å². The van der Waals surface area contributed by atoms with Crippen molar-refractivity contribution in [1.29, 1.82) is 0 Å². The van der Waals surface area contributed by atoms with Gasteiger partial charge in [0.1, 0.15) is 0 Å². The third-order valence-electron chi connectivity index (χ3n) is 4.74. The Morgan fingerprint density at radius 2 is 2.08 bits per heavy atom. The number of amides is 2. The zero-order chi connectivity index (χ0) is 17.8. The van der Waals surface area contributed by atoms with E-state index in [9.17, 15) is 4.79 Å². The third kappa shape index (κ3) is 4.32. The number of carbonyl (C=O) groups excluding carboxylic acids is 1. The van der Waals surface area contributed by atoms with E-state index in [2.05, 4.69) is 44.9 Å². The van der Waals surface area contributed by atoms with E-state index in [0.29, 0.717) is 0 Å². The van der Waals surface area contributed by atoms with Crippen LogP contribution in [0.3, 0.4) is 0 Å². The van der Waals surface area contributed by atoms with Crippen LogP contribution in [-0.2, 0) is 7.05 Å². The number of nitrogens with zero attached hydrogens (tertiary/aromatic N) is 3. The lowest BCUT2D eigenvalue weighted by Crippen LogP contribution is -2.51. The smallest absolute Gasteiger partial charge is 0.315 e. The van der Waals surface area contributed by atoms with Gasteiger partial charge in [0.15, 0.2) is 0 Å². The van der Waals surface area contributed by atoms with Crippen LogP contribution < -0.4 is 15.5 Å². The second-order valence-corrected chi connectivity index (χ2v) is 6.80. The highest BCUT2D eigenvalue weighted by molar-refractivity contribution is 5.75. The van der Waals surface area contributed by atoms with Crippen molar-refractivity contribution in [2.45, 2.75) is 38.8 Å². The summed E-state index contributed by atoms with van der Waals surface area (Å²) in [6.45, 7) is 5.83. The SMILES string of the molecule is Cc1nn(C)cc1[C@@H](C)NC(=O)N[C@H]1CCCN(c2ccccc2)C1. The molecule has 1 fully saturated rings. The molecule has 6 heteroatoms. The molecule has 0 aliphatic carbocycles. The fourth-order valence-electron chi connectivity index (χ4n) is 3.51. The van der Waals surface area contributed by atoms with Gasteiger partial charge in [0, 0.05) is 43.6 Å². The van der Waals surface area contributed by atoms with Crippen LogP contribution in [-0.4, -0.2) is 34.9 Å². The van der Waals surface area contributed by atoms with Crippen molar-refractivity contribution in [3.8, 4) is 0 Å². The molecule has 1 aliphatic heterocycles. The summed E-state index contributed by atoms with van der Waals surface area (Å²) >= 11 is 0. The predicted molar refractivity (Wildman–Crippen MR) is 99.7 cm³/mol. The summed E-state index contributed by atoms with van der Waals surface area (Å²) in [6, 6.07) is 10.4. The molecule has 1 aromatic heterocycles. The average Bonchev–Trinajstić information content (AvgIpc) is 2.94. The second-order valence-electron chi connectivity index (χ2n) is 6.80. The topological polar surface area (TPSA) is 62.2 Å². The molecule has 2 aromatic rings. The molecule has 0 radical (unpaired) electrons. The number of hydrogen-bond donors (Lipinski definition) is 2. The molecule has 1 aromatic carbocycles.